The second-order valence-electron chi connectivity index (χ2n) is 7.76. The summed E-state index contributed by atoms with van der Waals surface area (Å²) in [5.41, 5.74) is 4.26. The molecule has 0 aromatic heterocycles. The van der Waals surface area contributed by atoms with Crippen molar-refractivity contribution in [1.29, 1.82) is 0 Å². The Morgan fingerprint density at radius 2 is 2.00 bits per heavy atom. The van der Waals surface area contributed by atoms with E-state index in [9.17, 15) is 9.59 Å². The molecule has 0 amide bonds. The van der Waals surface area contributed by atoms with E-state index >= 15 is 0 Å². The van der Waals surface area contributed by atoms with Gasteiger partial charge >= 0.3 is 0 Å². The molecular formula is C20H24O2. The van der Waals surface area contributed by atoms with Crippen LogP contribution in [0.2, 0.25) is 0 Å². The van der Waals surface area contributed by atoms with Crippen molar-refractivity contribution in [3.63, 3.8) is 0 Å². The summed E-state index contributed by atoms with van der Waals surface area (Å²) in [5, 5.41) is 0. The first-order valence-electron chi connectivity index (χ1n) is 8.67. The molecule has 22 heavy (non-hydrogen) atoms. The van der Waals surface area contributed by atoms with E-state index in [2.05, 4.69) is 19.1 Å². The van der Waals surface area contributed by atoms with Crippen LogP contribution in [0.25, 0.3) is 0 Å². The average molecular weight is 296 g/mol. The zero-order valence-electron chi connectivity index (χ0n) is 13.5. The maximum Gasteiger partial charge on any atom is 0.156 e. The van der Waals surface area contributed by atoms with Gasteiger partial charge in [-0.2, -0.15) is 0 Å². The predicted octanol–water partition coefficient (Wildman–Crippen LogP) is 4.17. The van der Waals surface area contributed by atoms with E-state index in [0.29, 0.717) is 29.8 Å². The molecule has 0 aromatic rings. The van der Waals surface area contributed by atoms with E-state index < -0.39 is 0 Å². The number of carbonyl (C=O) groups is 2. The summed E-state index contributed by atoms with van der Waals surface area (Å²) < 4.78 is 0. The van der Waals surface area contributed by atoms with Crippen LogP contribution in [0, 0.1) is 23.2 Å². The lowest BCUT2D eigenvalue weighted by molar-refractivity contribution is -0.123. The van der Waals surface area contributed by atoms with Gasteiger partial charge in [-0.1, -0.05) is 19.1 Å². The lowest BCUT2D eigenvalue weighted by Crippen LogP contribution is -2.38. The molecule has 4 aliphatic carbocycles. The fourth-order valence-corrected chi connectivity index (χ4v) is 5.66. The minimum Gasteiger partial charge on any atom is -0.300 e. The Kier molecular flexibility index (Phi) is 3.08. The molecule has 1 saturated carbocycles. The molecule has 0 N–H and O–H groups in total. The normalized spacial score (nSPS) is 40.0. The molecule has 1 fully saturated rings. The van der Waals surface area contributed by atoms with Crippen molar-refractivity contribution in [1.82, 2.24) is 0 Å². The van der Waals surface area contributed by atoms with Crippen molar-refractivity contribution in [2.75, 3.05) is 0 Å². The van der Waals surface area contributed by atoms with E-state index in [-0.39, 0.29) is 11.3 Å². The number of fused-ring (bicyclic) bond motifs is 4. The van der Waals surface area contributed by atoms with E-state index in [0.717, 1.165) is 25.7 Å². The van der Waals surface area contributed by atoms with Gasteiger partial charge < -0.3 is 0 Å². The van der Waals surface area contributed by atoms with Crippen LogP contribution in [0.15, 0.2) is 34.9 Å². The second-order valence-corrected chi connectivity index (χ2v) is 7.76. The molecular weight excluding hydrogens is 272 g/mol. The lowest BCUT2D eigenvalue weighted by Gasteiger charge is -2.45. The standard InChI is InChI=1S/C20H24O2/c1-12(21)18-7-8-19-17-5-3-13-11-14(22)4-6-15(13)16(17)9-10-20(18,19)2/h9-11,17-19H,3-8H2,1-2H3/t17-,18+,19-,20+/m1/s1. The molecule has 0 spiro atoms. The van der Waals surface area contributed by atoms with Crippen molar-refractivity contribution in [3.05, 3.63) is 34.9 Å². The molecule has 4 aliphatic rings. The summed E-state index contributed by atoms with van der Waals surface area (Å²) in [6.45, 7) is 4.05. The maximum absolute atomic E-state index is 12.0. The van der Waals surface area contributed by atoms with Crippen LogP contribution in [0.4, 0.5) is 0 Å². The summed E-state index contributed by atoms with van der Waals surface area (Å²) in [7, 11) is 0. The SMILES string of the molecule is CC(=O)[C@@H]1CC[C@@H]2[C@@H]3CCC4=CC(=O)CCC4=C3C=C[C@]21C. The van der Waals surface area contributed by atoms with Gasteiger partial charge in [-0.05, 0) is 79.1 Å². The summed E-state index contributed by atoms with van der Waals surface area (Å²) in [6.07, 6.45) is 12.5. The summed E-state index contributed by atoms with van der Waals surface area (Å²) >= 11 is 0. The molecule has 4 atom stereocenters. The average Bonchev–Trinajstić information content (AvgIpc) is 2.84. The van der Waals surface area contributed by atoms with Crippen LogP contribution in [0.3, 0.4) is 0 Å². The first kappa shape index (κ1) is 14.2. The Labute approximate surface area is 132 Å². The van der Waals surface area contributed by atoms with Gasteiger partial charge in [0, 0.05) is 12.3 Å². The molecule has 0 aromatic carbocycles. The fraction of sp³-hybridized carbons (Fsp3) is 0.600. The van der Waals surface area contributed by atoms with Crippen LogP contribution < -0.4 is 0 Å². The fourth-order valence-electron chi connectivity index (χ4n) is 5.66. The van der Waals surface area contributed by atoms with E-state index in [1.807, 2.05) is 6.08 Å². The monoisotopic (exact) mass is 296 g/mol. The third kappa shape index (κ3) is 1.85. The summed E-state index contributed by atoms with van der Waals surface area (Å²) in [4.78, 5) is 23.7. The number of hydrogen-bond donors (Lipinski definition) is 0. The largest absolute Gasteiger partial charge is 0.300 e. The van der Waals surface area contributed by atoms with Gasteiger partial charge in [0.05, 0.1) is 0 Å². The molecule has 0 radical (unpaired) electrons. The maximum atomic E-state index is 12.0. The lowest BCUT2D eigenvalue weighted by atomic mass is 9.59. The smallest absolute Gasteiger partial charge is 0.156 e. The van der Waals surface area contributed by atoms with E-state index in [1.165, 1.54) is 23.1 Å². The van der Waals surface area contributed by atoms with Gasteiger partial charge in [0.2, 0.25) is 0 Å². The minimum atomic E-state index is 0.0479. The van der Waals surface area contributed by atoms with Crippen LogP contribution >= 0.6 is 0 Å². The summed E-state index contributed by atoms with van der Waals surface area (Å²) in [5.74, 6) is 2.04. The van der Waals surface area contributed by atoms with Gasteiger partial charge in [0.15, 0.2) is 5.78 Å². The van der Waals surface area contributed by atoms with Gasteiger partial charge in [0.25, 0.3) is 0 Å². The highest BCUT2D eigenvalue weighted by Crippen LogP contribution is 2.59. The van der Waals surface area contributed by atoms with Crippen molar-refractivity contribution >= 4 is 11.6 Å². The van der Waals surface area contributed by atoms with Crippen molar-refractivity contribution in [2.24, 2.45) is 23.2 Å². The zero-order valence-corrected chi connectivity index (χ0v) is 13.5. The topological polar surface area (TPSA) is 34.1 Å². The second kappa shape index (κ2) is 4.78. The van der Waals surface area contributed by atoms with Gasteiger partial charge in [-0.3, -0.25) is 9.59 Å². The van der Waals surface area contributed by atoms with Crippen molar-refractivity contribution in [3.8, 4) is 0 Å². The highest BCUT2D eigenvalue weighted by molar-refractivity contribution is 5.93. The van der Waals surface area contributed by atoms with Gasteiger partial charge in [-0.15, -0.1) is 0 Å². The molecule has 2 nitrogen and oxygen atoms in total. The zero-order chi connectivity index (χ0) is 15.5. The first-order chi connectivity index (χ1) is 10.5. The number of carbonyl (C=O) groups excluding carboxylic acids is 2. The third-order valence-electron chi connectivity index (χ3n) is 6.73. The molecule has 0 bridgehead atoms. The van der Waals surface area contributed by atoms with Crippen LogP contribution in [-0.4, -0.2) is 11.6 Å². The molecule has 4 rings (SSSR count). The minimum absolute atomic E-state index is 0.0479. The third-order valence-corrected chi connectivity index (χ3v) is 6.73. The van der Waals surface area contributed by atoms with Crippen molar-refractivity contribution < 1.29 is 9.59 Å². The molecule has 2 heteroatoms. The number of allylic oxidation sites excluding steroid dienone is 6. The number of Topliss-reactive ketones (excluding diaryl/α,β-unsaturated/α-hetero) is 1. The molecule has 0 saturated heterocycles. The Balaban J connectivity index is 1.79. The summed E-state index contributed by atoms with van der Waals surface area (Å²) in [6, 6.07) is 0. The Hall–Kier alpha value is -1.44. The van der Waals surface area contributed by atoms with E-state index in [1.54, 1.807) is 6.92 Å². The first-order valence-corrected chi connectivity index (χ1v) is 8.67. The molecule has 116 valence electrons. The van der Waals surface area contributed by atoms with E-state index in [4.69, 9.17) is 0 Å². The molecule has 0 aliphatic heterocycles. The molecule has 0 unspecified atom stereocenters. The van der Waals surface area contributed by atoms with Crippen molar-refractivity contribution in [2.45, 2.75) is 52.4 Å². The number of ketones is 2. The van der Waals surface area contributed by atoms with Crippen LogP contribution in [-0.2, 0) is 9.59 Å². The quantitative estimate of drug-likeness (QED) is 0.727. The highest BCUT2D eigenvalue weighted by atomic mass is 16.1. The Morgan fingerprint density at radius 1 is 1.18 bits per heavy atom. The van der Waals surface area contributed by atoms with Gasteiger partial charge in [0.1, 0.15) is 5.78 Å². The number of hydrogen-bond acceptors (Lipinski definition) is 2. The highest BCUT2D eigenvalue weighted by Gasteiger charge is 2.52. The molecule has 0 heterocycles. The Morgan fingerprint density at radius 3 is 2.77 bits per heavy atom. The van der Waals surface area contributed by atoms with Crippen LogP contribution in [0.1, 0.15) is 52.4 Å². The van der Waals surface area contributed by atoms with Crippen LogP contribution in [0.5, 0.6) is 0 Å². The Bertz CT molecular complexity index is 649. The van der Waals surface area contributed by atoms with Gasteiger partial charge in [-0.25, -0.2) is 0 Å². The predicted molar refractivity (Wildman–Crippen MR) is 86.2 cm³/mol. The number of rotatable bonds is 1.